The lowest BCUT2D eigenvalue weighted by Crippen LogP contribution is -2.40. The molecule has 0 bridgehead atoms. The van der Waals surface area contributed by atoms with E-state index in [2.05, 4.69) is 10.2 Å². The van der Waals surface area contributed by atoms with Gasteiger partial charge in [0, 0.05) is 25.2 Å². The molecule has 4 heteroatoms. The van der Waals surface area contributed by atoms with Crippen molar-refractivity contribution in [2.45, 2.75) is 37.8 Å². The lowest BCUT2D eigenvalue weighted by atomic mass is 10.2. The Labute approximate surface area is 98.0 Å². The van der Waals surface area contributed by atoms with Crippen LogP contribution >= 0.6 is 0 Å². The number of nitrogens with zero attached hydrogens (tertiary/aromatic N) is 1. The summed E-state index contributed by atoms with van der Waals surface area (Å²) in [6.07, 6.45) is 5.35. The van der Waals surface area contributed by atoms with Gasteiger partial charge in [-0.3, -0.25) is 4.90 Å². The highest BCUT2D eigenvalue weighted by molar-refractivity contribution is 4.88. The second-order valence-corrected chi connectivity index (χ2v) is 4.86. The molecule has 0 aromatic rings. The van der Waals surface area contributed by atoms with Crippen LogP contribution in [0.4, 0.5) is 0 Å². The molecule has 1 atom stereocenters. The molecule has 1 unspecified atom stereocenters. The standard InChI is InChI=1S/C12H24N2O2/c15-7-9-16-8-6-14(12-3-4-12)10-11-2-1-5-13-11/h11-13,15H,1-10H2. The fraction of sp³-hybridized carbons (Fsp3) is 1.00. The van der Waals surface area contributed by atoms with Gasteiger partial charge in [-0.2, -0.15) is 0 Å². The van der Waals surface area contributed by atoms with E-state index in [0.29, 0.717) is 12.6 Å². The van der Waals surface area contributed by atoms with Gasteiger partial charge in [0.05, 0.1) is 19.8 Å². The quantitative estimate of drug-likeness (QED) is 0.583. The monoisotopic (exact) mass is 228 g/mol. The van der Waals surface area contributed by atoms with Gasteiger partial charge in [0.2, 0.25) is 0 Å². The lowest BCUT2D eigenvalue weighted by molar-refractivity contribution is 0.0700. The fourth-order valence-electron chi connectivity index (χ4n) is 2.41. The predicted molar refractivity (Wildman–Crippen MR) is 63.5 cm³/mol. The highest BCUT2D eigenvalue weighted by Gasteiger charge is 2.30. The number of aliphatic hydroxyl groups is 1. The fourth-order valence-corrected chi connectivity index (χ4v) is 2.41. The van der Waals surface area contributed by atoms with Crippen LogP contribution in [0.15, 0.2) is 0 Å². The molecular weight excluding hydrogens is 204 g/mol. The first-order valence-electron chi connectivity index (χ1n) is 6.56. The van der Waals surface area contributed by atoms with E-state index in [4.69, 9.17) is 9.84 Å². The Bertz CT molecular complexity index is 191. The van der Waals surface area contributed by atoms with Gasteiger partial charge in [-0.1, -0.05) is 0 Å². The molecule has 2 fully saturated rings. The van der Waals surface area contributed by atoms with Crippen molar-refractivity contribution >= 4 is 0 Å². The highest BCUT2D eigenvalue weighted by atomic mass is 16.5. The molecule has 1 saturated heterocycles. The van der Waals surface area contributed by atoms with Gasteiger partial charge >= 0.3 is 0 Å². The van der Waals surface area contributed by atoms with E-state index >= 15 is 0 Å². The lowest BCUT2D eigenvalue weighted by Gasteiger charge is -2.25. The summed E-state index contributed by atoms with van der Waals surface area (Å²) in [6, 6.07) is 1.50. The number of hydrogen-bond acceptors (Lipinski definition) is 4. The van der Waals surface area contributed by atoms with E-state index in [-0.39, 0.29) is 6.61 Å². The summed E-state index contributed by atoms with van der Waals surface area (Å²) in [5.41, 5.74) is 0. The van der Waals surface area contributed by atoms with Gasteiger partial charge in [-0.25, -0.2) is 0 Å². The van der Waals surface area contributed by atoms with Crippen LogP contribution in [0, 0.1) is 0 Å². The molecule has 2 aliphatic rings. The molecule has 0 spiro atoms. The van der Waals surface area contributed by atoms with Crippen molar-refractivity contribution in [3.05, 3.63) is 0 Å². The van der Waals surface area contributed by atoms with E-state index in [0.717, 1.165) is 19.2 Å². The number of ether oxygens (including phenoxy) is 1. The van der Waals surface area contributed by atoms with Crippen molar-refractivity contribution in [3.8, 4) is 0 Å². The molecule has 0 aromatic carbocycles. The van der Waals surface area contributed by atoms with Gasteiger partial charge in [-0.15, -0.1) is 0 Å². The van der Waals surface area contributed by atoms with Gasteiger partial charge in [0.1, 0.15) is 0 Å². The van der Waals surface area contributed by atoms with Crippen molar-refractivity contribution in [3.63, 3.8) is 0 Å². The van der Waals surface area contributed by atoms with E-state index < -0.39 is 0 Å². The zero-order valence-electron chi connectivity index (χ0n) is 10.0. The molecule has 1 heterocycles. The Balaban J connectivity index is 1.63. The molecule has 2 N–H and O–H groups in total. The third-order valence-corrected chi connectivity index (χ3v) is 3.44. The number of hydrogen-bond donors (Lipinski definition) is 2. The SMILES string of the molecule is OCCOCCN(CC1CCCN1)C1CC1. The van der Waals surface area contributed by atoms with Gasteiger partial charge in [0.25, 0.3) is 0 Å². The minimum atomic E-state index is 0.133. The predicted octanol–water partition coefficient (Wildman–Crippen LogP) is 0.212. The molecule has 0 amide bonds. The summed E-state index contributed by atoms with van der Waals surface area (Å²) < 4.78 is 5.34. The molecule has 2 rings (SSSR count). The largest absolute Gasteiger partial charge is 0.394 e. The summed E-state index contributed by atoms with van der Waals surface area (Å²) in [4.78, 5) is 2.56. The second kappa shape index (κ2) is 6.55. The summed E-state index contributed by atoms with van der Waals surface area (Å²) in [5, 5.41) is 12.2. The molecule has 0 radical (unpaired) electrons. The van der Waals surface area contributed by atoms with Crippen molar-refractivity contribution < 1.29 is 9.84 Å². The maximum absolute atomic E-state index is 8.63. The number of rotatable bonds is 8. The van der Waals surface area contributed by atoms with Crippen molar-refractivity contribution in [2.75, 3.05) is 39.5 Å². The molecule has 4 nitrogen and oxygen atoms in total. The van der Waals surface area contributed by atoms with E-state index in [9.17, 15) is 0 Å². The Morgan fingerprint density at radius 1 is 1.25 bits per heavy atom. The minimum Gasteiger partial charge on any atom is -0.394 e. The van der Waals surface area contributed by atoms with Crippen LogP contribution in [-0.2, 0) is 4.74 Å². The molecule has 1 aliphatic carbocycles. The first-order valence-corrected chi connectivity index (χ1v) is 6.56. The third-order valence-electron chi connectivity index (χ3n) is 3.44. The third kappa shape index (κ3) is 4.01. The number of aliphatic hydroxyl groups excluding tert-OH is 1. The van der Waals surface area contributed by atoms with Gasteiger partial charge < -0.3 is 15.2 Å². The zero-order valence-corrected chi connectivity index (χ0v) is 10.0. The zero-order chi connectivity index (χ0) is 11.2. The van der Waals surface area contributed by atoms with Crippen molar-refractivity contribution in [1.29, 1.82) is 0 Å². The van der Waals surface area contributed by atoms with Crippen LogP contribution in [0.2, 0.25) is 0 Å². The molecular formula is C12H24N2O2. The molecule has 0 aromatic heterocycles. The maximum atomic E-state index is 8.63. The van der Waals surface area contributed by atoms with Gasteiger partial charge in [-0.05, 0) is 32.2 Å². The van der Waals surface area contributed by atoms with Gasteiger partial charge in [0.15, 0.2) is 0 Å². The molecule has 16 heavy (non-hydrogen) atoms. The highest BCUT2D eigenvalue weighted by Crippen LogP contribution is 2.27. The van der Waals surface area contributed by atoms with Crippen molar-refractivity contribution in [1.82, 2.24) is 10.2 Å². The van der Waals surface area contributed by atoms with E-state index in [1.165, 1.54) is 38.8 Å². The van der Waals surface area contributed by atoms with Crippen LogP contribution in [0.1, 0.15) is 25.7 Å². The first kappa shape index (κ1) is 12.3. The van der Waals surface area contributed by atoms with E-state index in [1.54, 1.807) is 0 Å². The summed E-state index contributed by atoms with van der Waals surface area (Å²) >= 11 is 0. The summed E-state index contributed by atoms with van der Waals surface area (Å²) in [7, 11) is 0. The smallest absolute Gasteiger partial charge is 0.0698 e. The van der Waals surface area contributed by atoms with Crippen LogP contribution in [-0.4, -0.2) is 61.5 Å². The summed E-state index contributed by atoms with van der Waals surface area (Å²) in [6.45, 7) is 4.73. The van der Waals surface area contributed by atoms with Crippen LogP contribution < -0.4 is 5.32 Å². The Morgan fingerprint density at radius 2 is 2.12 bits per heavy atom. The molecule has 1 aliphatic heterocycles. The average molecular weight is 228 g/mol. The Kier molecular flexibility index (Phi) is 5.03. The van der Waals surface area contributed by atoms with Crippen molar-refractivity contribution in [2.24, 2.45) is 0 Å². The summed E-state index contributed by atoms with van der Waals surface area (Å²) in [5.74, 6) is 0. The Morgan fingerprint density at radius 3 is 2.75 bits per heavy atom. The first-order chi connectivity index (χ1) is 7.90. The molecule has 1 saturated carbocycles. The topological polar surface area (TPSA) is 44.7 Å². The Hall–Kier alpha value is -0.160. The maximum Gasteiger partial charge on any atom is 0.0698 e. The van der Waals surface area contributed by atoms with Crippen LogP contribution in [0.5, 0.6) is 0 Å². The number of nitrogens with one attached hydrogen (secondary N) is 1. The minimum absolute atomic E-state index is 0.133. The van der Waals surface area contributed by atoms with Crippen LogP contribution in [0.25, 0.3) is 0 Å². The molecule has 94 valence electrons. The normalized spacial score (nSPS) is 25.5. The van der Waals surface area contributed by atoms with Crippen LogP contribution in [0.3, 0.4) is 0 Å². The van der Waals surface area contributed by atoms with E-state index in [1.807, 2.05) is 0 Å². The average Bonchev–Trinajstić information content (AvgIpc) is 3.02. The second-order valence-electron chi connectivity index (χ2n) is 4.86.